The second-order valence-electron chi connectivity index (χ2n) is 9.96. The number of amides is 1. The lowest BCUT2D eigenvalue weighted by Crippen LogP contribution is -2.27. The van der Waals surface area contributed by atoms with Crippen LogP contribution >= 0.6 is 11.3 Å². The van der Waals surface area contributed by atoms with Gasteiger partial charge in [0.2, 0.25) is 5.91 Å². The second kappa shape index (κ2) is 11.9. The second-order valence-corrected chi connectivity index (χ2v) is 11.0. The summed E-state index contributed by atoms with van der Waals surface area (Å²) in [7, 11) is 3.59. The standard InChI is InChI=1S/C30H26F3N5O4S/c1-17(20-6-4-5-7-21(20)30(31,32)33)42-24-14-27(43-28(24)29(40)41)38-16-35-22-12-18(8-9-23(22)38)19-10-11-34-25(13-19)36-26(39)15-37(2)3/h4-14,16-17H,15H2,1-3H3,(H,40,41)(H,34,36,39)/t17-/m1/s1. The van der Waals surface area contributed by atoms with Crippen LogP contribution in [-0.2, 0) is 11.0 Å². The predicted molar refractivity (Wildman–Crippen MR) is 157 cm³/mol. The van der Waals surface area contributed by atoms with Gasteiger partial charge in [-0.05, 0) is 62.5 Å². The zero-order valence-electron chi connectivity index (χ0n) is 23.2. The molecule has 0 saturated heterocycles. The Morgan fingerprint density at radius 1 is 1.07 bits per heavy atom. The van der Waals surface area contributed by atoms with Crippen LogP contribution in [0.1, 0.15) is 33.8 Å². The van der Waals surface area contributed by atoms with Gasteiger partial charge in [0.1, 0.15) is 29.0 Å². The molecule has 2 aromatic carbocycles. The number of aromatic nitrogens is 3. The largest absolute Gasteiger partial charge is 0.484 e. The summed E-state index contributed by atoms with van der Waals surface area (Å²) in [5.41, 5.74) is 1.98. The smallest absolute Gasteiger partial charge is 0.416 e. The van der Waals surface area contributed by atoms with Crippen LogP contribution in [0.5, 0.6) is 5.75 Å². The van der Waals surface area contributed by atoms with E-state index in [-0.39, 0.29) is 28.6 Å². The lowest BCUT2D eigenvalue weighted by molar-refractivity contribution is -0.139. The first-order chi connectivity index (χ1) is 20.4. The molecule has 1 amide bonds. The number of alkyl halides is 3. The maximum absolute atomic E-state index is 13.6. The fourth-order valence-corrected chi connectivity index (χ4v) is 5.51. The van der Waals surface area contributed by atoms with Crippen LogP contribution in [0.25, 0.3) is 27.2 Å². The van der Waals surface area contributed by atoms with Gasteiger partial charge in [-0.3, -0.25) is 9.36 Å². The first kappa shape index (κ1) is 29.7. The van der Waals surface area contributed by atoms with Crippen LogP contribution in [0.4, 0.5) is 19.0 Å². The number of likely N-dealkylation sites (N-methyl/N-ethyl adjacent to an activating group) is 1. The van der Waals surface area contributed by atoms with Gasteiger partial charge in [-0.15, -0.1) is 11.3 Å². The molecule has 0 spiro atoms. The highest BCUT2D eigenvalue weighted by Crippen LogP contribution is 2.39. The Kier molecular flexibility index (Phi) is 8.20. The van der Waals surface area contributed by atoms with Gasteiger partial charge in [0.05, 0.1) is 23.1 Å². The number of carboxylic acid groups (broad SMARTS) is 1. The van der Waals surface area contributed by atoms with Crippen molar-refractivity contribution >= 4 is 40.1 Å². The van der Waals surface area contributed by atoms with E-state index in [0.717, 1.165) is 28.5 Å². The third kappa shape index (κ3) is 6.52. The average Bonchev–Trinajstić information content (AvgIpc) is 3.56. The molecular formula is C30H26F3N5O4S. The van der Waals surface area contributed by atoms with E-state index in [2.05, 4.69) is 15.3 Å². The van der Waals surface area contributed by atoms with Gasteiger partial charge in [-0.25, -0.2) is 14.8 Å². The molecule has 0 aliphatic heterocycles. The van der Waals surface area contributed by atoms with E-state index in [1.54, 1.807) is 41.9 Å². The summed E-state index contributed by atoms with van der Waals surface area (Å²) in [5.74, 6) is -1.09. The van der Waals surface area contributed by atoms with Crippen molar-refractivity contribution in [2.75, 3.05) is 26.0 Å². The molecule has 5 rings (SSSR count). The van der Waals surface area contributed by atoms with E-state index in [1.165, 1.54) is 37.5 Å². The summed E-state index contributed by atoms with van der Waals surface area (Å²) >= 11 is 0.924. The number of halogens is 3. The molecule has 1 atom stereocenters. The lowest BCUT2D eigenvalue weighted by Gasteiger charge is -2.19. The summed E-state index contributed by atoms with van der Waals surface area (Å²) in [5, 5.41) is 13.1. The Morgan fingerprint density at radius 2 is 1.81 bits per heavy atom. The van der Waals surface area contributed by atoms with Crippen LogP contribution < -0.4 is 10.1 Å². The van der Waals surface area contributed by atoms with E-state index >= 15 is 0 Å². The molecule has 9 nitrogen and oxygen atoms in total. The molecule has 3 heterocycles. The number of pyridine rings is 1. The number of hydrogen-bond donors (Lipinski definition) is 2. The summed E-state index contributed by atoms with van der Waals surface area (Å²) < 4.78 is 48.2. The number of rotatable bonds is 9. The Balaban J connectivity index is 1.43. The summed E-state index contributed by atoms with van der Waals surface area (Å²) in [6.45, 7) is 1.66. The number of aromatic carboxylic acids is 1. The highest BCUT2D eigenvalue weighted by Gasteiger charge is 2.35. The maximum atomic E-state index is 13.6. The number of thiophene rings is 1. The third-order valence-corrected chi connectivity index (χ3v) is 7.60. The van der Waals surface area contributed by atoms with Gasteiger partial charge in [-0.1, -0.05) is 24.3 Å². The van der Waals surface area contributed by atoms with Crippen molar-refractivity contribution in [3.63, 3.8) is 0 Å². The molecule has 222 valence electrons. The molecule has 0 unspecified atom stereocenters. The molecule has 43 heavy (non-hydrogen) atoms. The molecule has 0 fully saturated rings. The minimum Gasteiger partial charge on any atom is -0.484 e. The van der Waals surface area contributed by atoms with E-state index in [4.69, 9.17) is 4.74 Å². The van der Waals surface area contributed by atoms with E-state index in [0.29, 0.717) is 21.9 Å². The van der Waals surface area contributed by atoms with Crippen molar-refractivity contribution in [1.82, 2.24) is 19.4 Å². The number of nitrogens with one attached hydrogen (secondary N) is 1. The van der Waals surface area contributed by atoms with Crippen molar-refractivity contribution < 1.29 is 32.6 Å². The number of imidazole rings is 1. The number of hydrogen-bond acceptors (Lipinski definition) is 7. The van der Waals surface area contributed by atoms with Crippen molar-refractivity contribution in [3.8, 4) is 21.9 Å². The molecule has 13 heteroatoms. The number of carbonyl (C=O) groups is 2. The molecule has 5 aromatic rings. The lowest BCUT2D eigenvalue weighted by atomic mass is 10.0. The summed E-state index contributed by atoms with van der Waals surface area (Å²) in [6, 6.07) is 15.6. The van der Waals surface area contributed by atoms with Crippen molar-refractivity contribution in [2.24, 2.45) is 0 Å². The van der Waals surface area contributed by atoms with Crippen LogP contribution in [0, 0.1) is 0 Å². The Hall–Kier alpha value is -4.75. The fraction of sp³-hybridized carbons (Fsp3) is 0.200. The minimum atomic E-state index is -4.59. The zero-order valence-corrected chi connectivity index (χ0v) is 24.0. The number of anilines is 1. The number of fused-ring (bicyclic) bond motifs is 1. The molecule has 3 aromatic heterocycles. The summed E-state index contributed by atoms with van der Waals surface area (Å²) in [6.07, 6.45) is -2.52. The van der Waals surface area contributed by atoms with Crippen LogP contribution in [0.2, 0.25) is 0 Å². The number of carboxylic acids is 1. The predicted octanol–water partition coefficient (Wildman–Crippen LogP) is 6.51. The Bertz CT molecular complexity index is 1820. The number of nitrogens with zero attached hydrogens (tertiary/aromatic N) is 4. The number of carbonyl (C=O) groups excluding carboxylic acids is 1. The maximum Gasteiger partial charge on any atom is 0.416 e. The van der Waals surface area contributed by atoms with E-state index in [9.17, 15) is 27.9 Å². The molecule has 0 saturated carbocycles. The summed E-state index contributed by atoms with van der Waals surface area (Å²) in [4.78, 5) is 34.5. The van der Waals surface area contributed by atoms with Crippen LogP contribution in [0.15, 0.2) is 73.2 Å². The molecule has 0 aliphatic carbocycles. The molecule has 0 radical (unpaired) electrons. The van der Waals surface area contributed by atoms with Gasteiger partial charge in [0.25, 0.3) is 0 Å². The zero-order chi connectivity index (χ0) is 30.9. The quantitative estimate of drug-likeness (QED) is 0.196. The van der Waals surface area contributed by atoms with Gasteiger partial charge in [0, 0.05) is 17.8 Å². The molecular weight excluding hydrogens is 583 g/mol. The van der Waals surface area contributed by atoms with Crippen molar-refractivity contribution in [3.05, 3.63) is 89.2 Å². The topological polar surface area (TPSA) is 110 Å². The van der Waals surface area contributed by atoms with Gasteiger partial charge in [-0.2, -0.15) is 13.2 Å². The van der Waals surface area contributed by atoms with Gasteiger partial charge < -0.3 is 20.1 Å². The van der Waals surface area contributed by atoms with Gasteiger partial charge >= 0.3 is 12.1 Å². The minimum absolute atomic E-state index is 0.0453. The first-order valence-corrected chi connectivity index (χ1v) is 13.8. The Labute approximate surface area is 248 Å². The number of ether oxygens (including phenoxy) is 1. The average molecular weight is 610 g/mol. The number of benzene rings is 2. The SMILES string of the molecule is C[C@@H](Oc1cc(-n2cnc3cc(-c4ccnc(NC(=O)CN(C)C)c4)ccc32)sc1C(=O)O)c1ccccc1C(F)(F)F. The van der Waals surface area contributed by atoms with Crippen molar-refractivity contribution in [1.29, 1.82) is 0 Å². The van der Waals surface area contributed by atoms with Gasteiger partial charge in [0.15, 0.2) is 4.88 Å². The Morgan fingerprint density at radius 3 is 2.53 bits per heavy atom. The monoisotopic (exact) mass is 609 g/mol. The fourth-order valence-electron chi connectivity index (χ4n) is 4.60. The highest BCUT2D eigenvalue weighted by molar-refractivity contribution is 7.16. The van der Waals surface area contributed by atoms with E-state index < -0.39 is 23.8 Å². The highest BCUT2D eigenvalue weighted by atomic mass is 32.1. The van der Waals surface area contributed by atoms with E-state index in [1.807, 2.05) is 18.2 Å². The molecule has 0 bridgehead atoms. The normalized spacial score (nSPS) is 12.4. The van der Waals surface area contributed by atoms with Crippen molar-refractivity contribution in [2.45, 2.75) is 19.2 Å². The van der Waals surface area contributed by atoms with Crippen LogP contribution in [-0.4, -0.2) is 57.1 Å². The molecule has 0 aliphatic rings. The molecule has 2 N–H and O–H groups in total. The third-order valence-electron chi connectivity index (χ3n) is 6.49. The first-order valence-electron chi connectivity index (χ1n) is 13.0. The van der Waals surface area contributed by atoms with Crippen LogP contribution in [0.3, 0.4) is 0 Å².